The van der Waals surface area contributed by atoms with Crippen LogP contribution in [0.3, 0.4) is 0 Å². The lowest BCUT2D eigenvalue weighted by Gasteiger charge is -2.12. The molecule has 3 rings (SSSR count). The lowest BCUT2D eigenvalue weighted by atomic mass is 10.1. The van der Waals surface area contributed by atoms with E-state index >= 15 is 0 Å². The highest BCUT2D eigenvalue weighted by atomic mass is 35.5. The predicted octanol–water partition coefficient (Wildman–Crippen LogP) is 6.09. The molecule has 0 bridgehead atoms. The Kier molecular flexibility index (Phi) is 7.54. The number of carbonyl (C=O) groups is 1. The maximum atomic E-state index is 12.7. The number of benzene rings is 3. The Balaban J connectivity index is 1.86. The summed E-state index contributed by atoms with van der Waals surface area (Å²) in [5.41, 5.74) is 4.24. The summed E-state index contributed by atoms with van der Waals surface area (Å²) in [6, 6.07) is 20.1. The topological polar surface area (TPSA) is 71.3 Å². The van der Waals surface area contributed by atoms with Crippen LogP contribution >= 0.6 is 11.6 Å². The van der Waals surface area contributed by atoms with Crippen molar-refractivity contribution in [2.45, 2.75) is 20.5 Å². The monoisotopic (exact) mass is 446 g/mol. The van der Waals surface area contributed by atoms with Gasteiger partial charge in [-0.15, -0.1) is 0 Å². The summed E-state index contributed by atoms with van der Waals surface area (Å²) in [7, 11) is 1.56. The molecule has 5 nitrogen and oxygen atoms in total. The average Bonchev–Trinajstić information content (AvgIpc) is 2.78. The first-order valence-corrected chi connectivity index (χ1v) is 10.3. The van der Waals surface area contributed by atoms with Crippen molar-refractivity contribution in [2.24, 2.45) is 0 Å². The molecule has 0 heterocycles. The molecule has 0 spiro atoms. The lowest BCUT2D eigenvalue weighted by Crippen LogP contribution is -2.13. The van der Waals surface area contributed by atoms with Gasteiger partial charge < -0.3 is 14.8 Å². The van der Waals surface area contributed by atoms with Gasteiger partial charge in [-0.25, -0.2) is 0 Å². The number of halogens is 1. The van der Waals surface area contributed by atoms with Gasteiger partial charge in [0.15, 0.2) is 0 Å². The molecular formula is C26H23ClN2O3. The number of anilines is 1. The Bertz CT molecular complexity index is 1210. The molecule has 0 aliphatic heterocycles. The smallest absolute Gasteiger partial charge is 0.266 e. The van der Waals surface area contributed by atoms with E-state index in [-0.39, 0.29) is 12.2 Å². The maximum absolute atomic E-state index is 12.7. The highest BCUT2D eigenvalue weighted by Crippen LogP contribution is 2.28. The van der Waals surface area contributed by atoms with Crippen LogP contribution in [0.2, 0.25) is 5.02 Å². The second-order valence-electron chi connectivity index (χ2n) is 7.25. The highest BCUT2D eigenvalue weighted by molar-refractivity contribution is 6.30. The molecular weight excluding hydrogens is 424 g/mol. The minimum absolute atomic E-state index is 0.0407. The molecule has 0 aromatic heterocycles. The van der Waals surface area contributed by atoms with E-state index in [9.17, 15) is 10.1 Å². The van der Waals surface area contributed by atoms with E-state index in [4.69, 9.17) is 21.1 Å². The standard InChI is InChI=1S/C26H23ClN2O3/c1-17-7-9-23(11-18(17)2)29-26(30)21(15-28)13-20-8-10-24(31-3)14-25(20)32-16-19-5-4-6-22(27)12-19/h4-14H,16H2,1-3H3,(H,29,30)/b21-13+. The molecule has 1 N–H and O–H groups in total. The number of nitrogens with zero attached hydrogens (tertiary/aromatic N) is 1. The van der Waals surface area contributed by atoms with Gasteiger partial charge in [-0.2, -0.15) is 5.26 Å². The van der Waals surface area contributed by atoms with Crippen LogP contribution in [-0.2, 0) is 11.4 Å². The van der Waals surface area contributed by atoms with Crippen molar-refractivity contribution in [3.63, 3.8) is 0 Å². The zero-order valence-electron chi connectivity index (χ0n) is 18.1. The van der Waals surface area contributed by atoms with Gasteiger partial charge in [-0.3, -0.25) is 4.79 Å². The van der Waals surface area contributed by atoms with Crippen molar-refractivity contribution in [3.8, 4) is 17.6 Å². The molecule has 0 saturated heterocycles. The van der Waals surface area contributed by atoms with Crippen molar-refractivity contribution < 1.29 is 14.3 Å². The predicted molar refractivity (Wildman–Crippen MR) is 127 cm³/mol. The number of ether oxygens (including phenoxy) is 2. The number of nitrogens with one attached hydrogen (secondary N) is 1. The van der Waals surface area contributed by atoms with Crippen molar-refractivity contribution in [2.75, 3.05) is 12.4 Å². The number of rotatable bonds is 7. The molecule has 0 unspecified atom stereocenters. The summed E-state index contributed by atoms with van der Waals surface area (Å²) >= 11 is 6.05. The molecule has 1 amide bonds. The van der Waals surface area contributed by atoms with Gasteiger partial charge in [0.25, 0.3) is 5.91 Å². The zero-order valence-corrected chi connectivity index (χ0v) is 18.9. The molecule has 0 fully saturated rings. The SMILES string of the molecule is COc1ccc(/C=C(\C#N)C(=O)Nc2ccc(C)c(C)c2)c(OCc2cccc(Cl)c2)c1. The zero-order chi connectivity index (χ0) is 23.1. The van der Waals surface area contributed by atoms with Crippen LogP contribution in [0.5, 0.6) is 11.5 Å². The summed E-state index contributed by atoms with van der Waals surface area (Å²) in [6.45, 7) is 4.23. The summed E-state index contributed by atoms with van der Waals surface area (Å²) < 4.78 is 11.3. The Morgan fingerprint density at radius 3 is 2.59 bits per heavy atom. The average molecular weight is 447 g/mol. The van der Waals surface area contributed by atoms with Gasteiger partial charge in [-0.05, 0) is 73.0 Å². The van der Waals surface area contributed by atoms with E-state index in [2.05, 4.69) is 5.32 Å². The molecule has 0 aliphatic carbocycles. The minimum atomic E-state index is -0.493. The molecule has 0 saturated carbocycles. The maximum Gasteiger partial charge on any atom is 0.266 e. The van der Waals surface area contributed by atoms with Crippen molar-refractivity contribution in [3.05, 3.63) is 93.5 Å². The second-order valence-corrected chi connectivity index (χ2v) is 7.68. The Labute approximate surface area is 192 Å². The third-order valence-corrected chi connectivity index (χ3v) is 5.17. The van der Waals surface area contributed by atoms with Gasteiger partial charge in [0, 0.05) is 22.3 Å². The Morgan fingerprint density at radius 1 is 1.09 bits per heavy atom. The summed E-state index contributed by atoms with van der Waals surface area (Å²) in [5, 5.41) is 13.0. The van der Waals surface area contributed by atoms with Crippen molar-refractivity contribution in [1.29, 1.82) is 5.26 Å². The van der Waals surface area contributed by atoms with Gasteiger partial charge >= 0.3 is 0 Å². The van der Waals surface area contributed by atoms with Gasteiger partial charge in [0.1, 0.15) is 29.7 Å². The number of carbonyl (C=O) groups excluding carboxylic acids is 1. The third kappa shape index (κ3) is 5.90. The number of aryl methyl sites for hydroxylation is 2. The quantitative estimate of drug-likeness (QED) is 0.352. The first-order valence-electron chi connectivity index (χ1n) is 9.95. The number of nitriles is 1. The van der Waals surface area contributed by atoms with Crippen LogP contribution in [-0.4, -0.2) is 13.0 Å². The first kappa shape index (κ1) is 22.9. The number of hydrogen-bond donors (Lipinski definition) is 1. The number of hydrogen-bond acceptors (Lipinski definition) is 4. The summed E-state index contributed by atoms with van der Waals surface area (Å²) in [5.74, 6) is 0.588. The summed E-state index contributed by atoms with van der Waals surface area (Å²) in [6.07, 6.45) is 1.50. The molecule has 3 aromatic carbocycles. The van der Waals surface area contributed by atoms with Gasteiger partial charge in [0.2, 0.25) is 0 Å². The van der Waals surface area contributed by atoms with Crippen molar-refractivity contribution in [1.82, 2.24) is 0 Å². The highest BCUT2D eigenvalue weighted by Gasteiger charge is 2.13. The molecule has 32 heavy (non-hydrogen) atoms. The van der Waals surface area contributed by atoms with E-state index < -0.39 is 5.91 Å². The number of amides is 1. The van der Waals surface area contributed by atoms with Crippen LogP contribution in [0, 0.1) is 25.2 Å². The molecule has 6 heteroatoms. The normalized spacial score (nSPS) is 10.9. The molecule has 0 aliphatic rings. The largest absolute Gasteiger partial charge is 0.497 e. The molecule has 3 aromatic rings. The Morgan fingerprint density at radius 2 is 1.91 bits per heavy atom. The Hall–Kier alpha value is -3.75. The van der Waals surface area contributed by atoms with Gasteiger partial charge in [-0.1, -0.05) is 29.8 Å². The van der Waals surface area contributed by atoms with Crippen molar-refractivity contribution >= 4 is 29.3 Å². The van der Waals surface area contributed by atoms with E-state index in [1.54, 1.807) is 31.4 Å². The van der Waals surface area contributed by atoms with E-state index in [0.29, 0.717) is 27.8 Å². The first-order chi connectivity index (χ1) is 15.4. The fraction of sp³-hybridized carbons (Fsp3) is 0.154. The summed E-state index contributed by atoms with van der Waals surface area (Å²) in [4.78, 5) is 12.7. The van der Waals surface area contributed by atoms with E-state index in [1.165, 1.54) is 6.08 Å². The van der Waals surface area contributed by atoms with Crippen LogP contribution in [0.25, 0.3) is 6.08 Å². The minimum Gasteiger partial charge on any atom is -0.497 e. The number of methoxy groups -OCH3 is 1. The van der Waals surface area contributed by atoms with E-state index in [0.717, 1.165) is 16.7 Å². The fourth-order valence-electron chi connectivity index (χ4n) is 3.00. The molecule has 162 valence electrons. The second kappa shape index (κ2) is 10.5. The van der Waals surface area contributed by atoms with E-state index in [1.807, 2.05) is 56.3 Å². The van der Waals surface area contributed by atoms with Crippen LogP contribution in [0.1, 0.15) is 22.3 Å². The lowest BCUT2D eigenvalue weighted by molar-refractivity contribution is -0.112. The fourth-order valence-corrected chi connectivity index (χ4v) is 3.21. The molecule has 0 atom stereocenters. The van der Waals surface area contributed by atoms with Crippen LogP contribution in [0.15, 0.2) is 66.2 Å². The molecule has 0 radical (unpaired) electrons. The van der Waals surface area contributed by atoms with Crippen LogP contribution in [0.4, 0.5) is 5.69 Å². The third-order valence-electron chi connectivity index (χ3n) is 4.93. The van der Waals surface area contributed by atoms with Crippen LogP contribution < -0.4 is 14.8 Å². The van der Waals surface area contributed by atoms with Gasteiger partial charge in [0.05, 0.1) is 7.11 Å².